The summed E-state index contributed by atoms with van der Waals surface area (Å²) in [5.41, 5.74) is 8.71. The summed E-state index contributed by atoms with van der Waals surface area (Å²) >= 11 is 0. The van der Waals surface area contributed by atoms with Crippen molar-refractivity contribution in [2.75, 3.05) is 38.0 Å². The average molecular weight is 695 g/mol. The largest absolute Gasteiger partial charge is 0.507 e. The lowest BCUT2D eigenvalue weighted by Crippen LogP contribution is -2.29. The smallest absolute Gasteiger partial charge is 0.264 e. The van der Waals surface area contributed by atoms with Gasteiger partial charge in [0.15, 0.2) is 0 Å². The third-order valence-corrected chi connectivity index (χ3v) is 12.0. The van der Waals surface area contributed by atoms with Gasteiger partial charge in [-0.25, -0.2) is 4.98 Å². The van der Waals surface area contributed by atoms with Crippen molar-refractivity contribution in [3.05, 3.63) is 108 Å². The van der Waals surface area contributed by atoms with E-state index in [9.17, 15) is 5.11 Å². The van der Waals surface area contributed by atoms with Gasteiger partial charge in [-0.1, -0.05) is 94.8 Å². The van der Waals surface area contributed by atoms with Crippen LogP contribution in [0, 0.1) is 0 Å². The number of aromatic hydroxyl groups is 1. The normalized spacial score (nSPS) is 16.7. The van der Waals surface area contributed by atoms with E-state index in [0.29, 0.717) is 17.1 Å². The van der Waals surface area contributed by atoms with E-state index in [4.69, 9.17) is 4.98 Å². The first kappa shape index (κ1) is 35.6. The quantitative estimate of drug-likeness (QED) is 0.175. The van der Waals surface area contributed by atoms with Crippen LogP contribution < -0.4 is 9.80 Å². The fraction of sp³-hybridized carbons (Fsp3) is 0.391. The van der Waals surface area contributed by atoms with Crippen molar-refractivity contribution in [1.82, 2.24) is 9.55 Å². The Morgan fingerprint density at radius 1 is 0.635 bits per heavy atom. The first-order valence-electron chi connectivity index (χ1n) is 19.2. The van der Waals surface area contributed by atoms with E-state index in [1.54, 1.807) is 0 Å². The second kappa shape index (κ2) is 14.3. The van der Waals surface area contributed by atoms with E-state index in [0.717, 1.165) is 102 Å². The Morgan fingerprint density at radius 3 is 1.56 bits per heavy atom. The van der Waals surface area contributed by atoms with Crippen molar-refractivity contribution >= 4 is 17.3 Å². The molecule has 0 unspecified atom stereocenters. The Morgan fingerprint density at radius 2 is 1.10 bits per heavy atom. The fourth-order valence-corrected chi connectivity index (χ4v) is 8.71. The van der Waals surface area contributed by atoms with Crippen molar-refractivity contribution in [3.63, 3.8) is 0 Å². The van der Waals surface area contributed by atoms with Crippen LogP contribution in [0.15, 0.2) is 91.0 Å². The molecule has 2 aliphatic rings. The first-order valence-corrected chi connectivity index (χ1v) is 19.2. The number of carbonyl (C=O) groups excluding carboxylic acids is 1. The summed E-state index contributed by atoms with van der Waals surface area (Å²) in [5.74, 6) is 0.924. The second-order valence-corrected chi connectivity index (χ2v) is 16.2. The minimum absolute atomic E-state index is 0.130. The molecular formula is C46H54N4O2. The molecule has 270 valence electrons. The van der Waals surface area contributed by atoms with Gasteiger partial charge in [0, 0.05) is 72.9 Å². The third-order valence-electron chi connectivity index (χ3n) is 12.0. The molecule has 5 aromatic rings. The summed E-state index contributed by atoms with van der Waals surface area (Å²) in [4.78, 5) is 24.7. The van der Waals surface area contributed by atoms with Crippen molar-refractivity contribution in [3.8, 4) is 39.7 Å². The van der Waals surface area contributed by atoms with E-state index in [1.165, 1.54) is 12.8 Å². The van der Waals surface area contributed by atoms with Gasteiger partial charge in [-0.05, 0) is 85.0 Å². The van der Waals surface area contributed by atoms with Gasteiger partial charge in [0.1, 0.15) is 11.6 Å². The number of nitrogens with zero attached hydrogens (tertiary/aromatic N) is 4. The van der Waals surface area contributed by atoms with Gasteiger partial charge in [0.05, 0.1) is 11.4 Å². The van der Waals surface area contributed by atoms with Gasteiger partial charge in [0.2, 0.25) is 0 Å². The van der Waals surface area contributed by atoms with Gasteiger partial charge >= 0.3 is 0 Å². The zero-order chi connectivity index (χ0) is 36.6. The summed E-state index contributed by atoms with van der Waals surface area (Å²) in [6, 6.07) is 30.7. The van der Waals surface area contributed by atoms with E-state index in [2.05, 4.69) is 84.3 Å². The molecule has 2 saturated carbocycles. The number of aromatic nitrogens is 2. The van der Waals surface area contributed by atoms with Crippen LogP contribution in [0.5, 0.6) is 5.75 Å². The van der Waals surface area contributed by atoms with Crippen LogP contribution in [-0.4, -0.2) is 48.8 Å². The molecule has 4 aromatic carbocycles. The molecular weight excluding hydrogens is 641 g/mol. The van der Waals surface area contributed by atoms with Crippen LogP contribution in [0.1, 0.15) is 99.5 Å². The summed E-state index contributed by atoms with van der Waals surface area (Å²) < 4.78 is 1.85. The maximum atomic E-state index is 15.0. The molecule has 1 heterocycles. The summed E-state index contributed by atoms with van der Waals surface area (Å²) in [6.07, 6.45) is 11.2. The van der Waals surface area contributed by atoms with E-state index in [-0.39, 0.29) is 16.7 Å². The highest BCUT2D eigenvalue weighted by Crippen LogP contribution is 2.51. The molecule has 0 saturated heterocycles. The first-order chi connectivity index (χ1) is 25.0. The number of hydrogen-bond acceptors (Lipinski definition) is 5. The average Bonchev–Trinajstić information content (AvgIpc) is 3.56. The molecule has 1 aromatic heterocycles. The van der Waals surface area contributed by atoms with Crippen LogP contribution in [0.25, 0.3) is 33.9 Å². The molecule has 1 N–H and O–H groups in total. The lowest BCUT2D eigenvalue weighted by atomic mass is 9.66. The Hall–Kier alpha value is -4.84. The molecule has 2 aliphatic carbocycles. The van der Waals surface area contributed by atoms with E-state index >= 15 is 4.79 Å². The summed E-state index contributed by atoms with van der Waals surface area (Å²) in [5, 5.41) is 12.3. The number of hydrogen-bond donors (Lipinski definition) is 1. The Balaban J connectivity index is 1.55. The molecule has 52 heavy (non-hydrogen) atoms. The zero-order valence-electron chi connectivity index (χ0n) is 31.9. The van der Waals surface area contributed by atoms with Crippen molar-refractivity contribution < 1.29 is 9.90 Å². The summed E-state index contributed by atoms with van der Waals surface area (Å²) in [7, 11) is 8.15. The molecule has 0 atom stereocenters. The lowest BCUT2D eigenvalue weighted by molar-refractivity contribution is 0.0963. The van der Waals surface area contributed by atoms with Crippen LogP contribution in [0.2, 0.25) is 0 Å². The van der Waals surface area contributed by atoms with E-state index < -0.39 is 0 Å². The molecule has 0 amide bonds. The van der Waals surface area contributed by atoms with Crippen LogP contribution in [0.3, 0.4) is 0 Å². The number of phenolic OH excluding ortho intramolecular Hbond substituents is 1. The van der Waals surface area contributed by atoms with Crippen molar-refractivity contribution in [2.24, 2.45) is 0 Å². The Bertz CT molecular complexity index is 1980. The second-order valence-electron chi connectivity index (χ2n) is 16.2. The van der Waals surface area contributed by atoms with Gasteiger partial charge in [0.25, 0.3) is 5.91 Å². The molecule has 0 radical (unpaired) electrons. The van der Waals surface area contributed by atoms with Crippen molar-refractivity contribution in [1.29, 1.82) is 0 Å². The molecule has 0 spiro atoms. The molecule has 6 heteroatoms. The third kappa shape index (κ3) is 6.64. The highest BCUT2D eigenvalue weighted by molar-refractivity contribution is 6.03. The van der Waals surface area contributed by atoms with Gasteiger partial charge in [-0.15, -0.1) is 0 Å². The lowest BCUT2D eigenvalue weighted by Gasteiger charge is -2.39. The SMILES string of the molecule is CN(C)c1ccc(-c2nc(-c3cc(C4(C)CCCCC4)c(O)c(C4(C)CCCCC4)c3)n(C(=O)c3ccccc3)c2-c2ccc(N(C)C)cc2)cc1. The monoisotopic (exact) mass is 694 g/mol. The van der Waals surface area contributed by atoms with Crippen LogP contribution >= 0.6 is 0 Å². The number of rotatable bonds is 8. The number of carbonyl (C=O) groups is 1. The van der Waals surface area contributed by atoms with Crippen LogP contribution in [0.4, 0.5) is 11.4 Å². The number of anilines is 2. The molecule has 0 bridgehead atoms. The fourth-order valence-electron chi connectivity index (χ4n) is 8.71. The Labute approximate surface area is 310 Å². The molecule has 0 aliphatic heterocycles. The van der Waals surface area contributed by atoms with Gasteiger partial charge in [-0.2, -0.15) is 0 Å². The van der Waals surface area contributed by atoms with Crippen LogP contribution in [-0.2, 0) is 10.8 Å². The predicted molar refractivity (Wildman–Crippen MR) is 216 cm³/mol. The maximum absolute atomic E-state index is 15.0. The van der Waals surface area contributed by atoms with Crippen molar-refractivity contribution in [2.45, 2.75) is 88.9 Å². The number of imidazole rings is 1. The standard InChI is InChI=1S/C46H54N4O2/c1-45(26-12-8-13-27-45)38-30-35(31-39(42(38)51)46(2)28-14-9-15-29-46)43-47-40(32-18-22-36(23-19-32)48(3)4)41(33-20-24-37(25-21-33)49(5)6)50(43)44(52)34-16-10-7-11-17-34/h7,10-11,16-25,30-31,51H,8-9,12-15,26-29H2,1-6H3. The maximum Gasteiger partial charge on any atom is 0.264 e. The molecule has 7 rings (SSSR count). The van der Waals surface area contributed by atoms with E-state index in [1.807, 2.05) is 63.1 Å². The molecule has 6 nitrogen and oxygen atoms in total. The van der Waals surface area contributed by atoms with Gasteiger partial charge < -0.3 is 14.9 Å². The number of benzene rings is 4. The molecule has 2 fully saturated rings. The predicted octanol–water partition coefficient (Wildman–Crippen LogP) is 10.9. The highest BCUT2D eigenvalue weighted by Gasteiger charge is 2.38. The highest BCUT2D eigenvalue weighted by atomic mass is 16.3. The Kier molecular flexibility index (Phi) is 9.77. The summed E-state index contributed by atoms with van der Waals surface area (Å²) in [6.45, 7) is 4.66. The van der Waals surface area contributed by atoms with Gasteiger partial charge in [-0.3, -0.25) is 9.36 Å². The minimum Gasteiger partial charge on any atom is -0.507 e. The topological polar surface area (TPSA) is 61.6 Å². The zero-order valence-corrected chi connectivity index (χ0v) is 31.9. The number of phenols is 1. The minimum atomic E-state index is -0.158.